The van der Waals surface area contributed by atoms with Crippen molar-refractivity contribution in [1.29, 1.82) is 0 Å². The van der Waals surface area contributed by atoms with E-state index in [4.69, 9.17) is 4.42 Å². The van der Waals surface area contributed by atoms with E-state index in [9.17, 15) is 20.0 Å². The van der Waals surface area contributed by atoms with Gasteiger partial charge in [-0.25, -0.2) is 4.98 Å². The van der Waals surface area contributed by atoms with Crippen LogP contribution in [0, 0.1) is 10.1 Å². The highest BCUT2D eigenvalue weighted by Gasteiger charge is 2.10. The summed E-state index contributed by atoms with van der Waals surface area (Å²) in [5.41, 5.74) is 1.31. The Kier molecular flexibility index (Phi) is 4.85. The van der Waals surface area contributed by atoms with Gasteiger partial charge in [-0.05, 0) is 17.7 Å². The molecule has 8 nitrogen and oxygen atoms in total. The van der Waals surface area contributed by atoms with E-state index < -0.39 is 4.92 Å². The smallest absolute Gasteiger partial charge is 0.269 e. The number of carbonyl (C=O) groups is 1. The van der Waals surface area contributed by atoms with Crippen molar-refractivity contribution in [3.8, 4) is 5.75 Å². The summed E-state index contributed by atoms with van der Waals surface area (Å²) in [5, 5.41) is 25.3. The number of amides is 1. The second kappa shape index (κ2) is 7.22. The average Bonchev–Trinajstić information content (AvgIpc) is 3.02. The lowest BCUT2D eigenvalue weighted by molar-refractivity contribution is -0.385. The van der Waals surface area contributed by atoms with Crippen LogP contribution in [-0.4, -0.2) is 21.6 Å². The molecule has 0 spiro atoms. The molecule has 1 heterocycles. The zero-order chi connectivity index (χ0) is 17.8. The van der Waals surface area contributed by atoms with Gasteiger partial charge in [0.15, 0.2) is 5.58 Å². The Morgan fingerprint density at radius 2 is 2.08 bits per heavy atom. The Hall–Kier alpha value is -3.07. The number of aromatic nitrogens is 1. The van der Waals surface area contributed by atoms with Gasteiger partial charge in [-0.3, -0.25) is 14.9 Å². The summed E-state index contributed by atoms with van der Waals surface area (Å²) < 4.78 is 5.49. The van der Waals surface area contributed by atoms with E-state index in [1.54, 1.807) is 12.1 Å². The van der Waals surface area contributed by atoms with Gasteiger partial charge in [0.05, 0.1) is 10.7 Å². The van der Waals surface area contributed by atoms with Gasteiger partial charge in [0.1, 0.15) is 5.52 Å². The van der Waals surface area contributed by atoms with Crippen molar-refractivity contribution in [2.45, 2.75) is 11.8 Å². The zero-order valence-electron chi connectivity index (χ0n) is 12.8. The molecule has 128 valence electrons. The lowest BCUT2D eigenvalue weighted by atomic mass is 10.2. The standard InChI is InChI=1S/C16H13N3O5S/c20-13-6-5-11(19(22)23)7-10(13)8-17-15(21)9-25-16-18-12-3-1-2-4-14(12)24-16/h1-7,20H,8-9H2,(H,17,21)/p-1. The first-order valence-corrected chi connectivity index (χ1v) is 8.21. The predicted octanol–water partition coefficient (Wildman–Crippen LogP) is 2.22. The number of non-ortho nitro benzene ring substituents is 1. The van der Waals surface area contributed by atoms with Crippen LogP contribution in [0.5, 0.6) is 5.75 Å². The lowest BCUT2D eigenvalue weighted by Crippen LogP contribution is -2.25. The summed E-state index contributed by atoms with van der Waals surface area (Å²) >= 11 is 1.13. The Labute approximate surface area is 146 Å². The van der Waals surface area contributed by atoms with E-state index in [-0.39, 0.29) is 35.2 Å². The van der Waals surface area contributed by atoms with Crippen LogP contribution in [0.2, 0.25) is 0 Å². The number of carbonyl (C=O) groups excluding carboxylic acids is 1. The molecule has 0 saturated heterocycles. The topological polar surface area (TPSA) is 121 Å². The fourth-order valence-corrected chi connectivity index (χ4v) is 2.77. The van der Waals surface area contributed by atoms with E-state index in [0.29, 0.717) is 16.3 Å². The van der Waals surface area contributed by atoms with Gasteiger partial charge in [0.25, 0.3) is 10.9 Å². The van der Waals surface area contributed by atoms with Crippen molar-refractivity contribution in [2.75, 3.05) is 5.75 Å². The second-order valence-corrected chi connectivity index (χ2v) is 5.99. The quantitative estimate of drug-likeness (QED) is 0.407. The minimum absolute atomic E-state index is 0.0515. The van der Waals surface area contributed by atoms with Gasteiger partial charge < -0.3 is 14.8 Å². The largest absolute Gasteiger partial charge is 0.872 e. The number of oxazole rings is 1. The van der Waals surface area contributed by atoms with Crippen LogP contribution in [-0.2, 0) is 11.3 Å². The zero-order valence-corrected chi connectivity index (χ0v) is 13.6. The van der Waals surface area contributed by atoms with E-state index >= 15 is 0 Å². The molecule has 0 aliphatic carbocycles. The molecule has 0 unspecified atom stereocenters. The first-order chi connectivity index (χ1) is 12.0. The summed E-state index contributed by atoms with van der Waals surface area (Å²) in [6, 6.07) is 10.7. The van der Waals surface area contributed by atoms with Crippen molar-refractivity contribution < 1.29 is 19.2 Å². The van der Waals surface area contributed by atoms with E-state index in [1.165, 1.54) is 0 Å². The molecule has 0 atom stereocenters. The number of nitro groups is 1. The first-order valence-electron chi connectivity index (χ1n) is 7.22. The monoisotopic (exact) mass is 358 g/mol. The summed E-state index contributed by atoms with van der Waals surface area (Å²) in [7, 11) is 0. The minimum atomic E-state index is -0.589. The number of hydrogen-bond acceptors (Lipinski definition) is 7. The van der Waals surface area contributed by atoms with Crippen LogP contribution >= 0.6 is 11.8 Å². The molecule has 1 aromatic heterocycles. The molecule has 3 rings (SSSR count). The lowest BCUT2D eigenvalue weighted by Gasteiger charge is -2.13. The van der Waals surface area contributed by atoms with E-state index in [0.717, 1.165) is 30.0 Å². The number of nitrogens with one attached hydrogen (secondary N) is 1. The Morgan fingerprint density at radius 3 is 2.84 bits per heavy atom. The molecule has 0 bridgehead atoms. The number of rotatable bonds is 6. The molecule has 1 amide bonds. The van der Waals surface area contributed by atoms with Crippen molar-refractivity contribution >= 4 is 34.5 Å². The molecule has 0 fully saturated rings. The van der Waals surface area contributed by atoms with Crippen LogP contribution in [0.4, 0.5) is 5.69 Å². The van der Waals surface area contributed by atoms with Crippen molar-refractivity contribution in [2.24, 2.45) is 0 Å². The Bertz CT molecular complexity index is 907. The molecule has 0 aliphatic heterocycles. The maximum Gasteiger partial charge on any atom is 0.269 e. The van der Waals surface area contributed by atoms with Crippen LogP contribution in [0.25, 0.3) is 11.1 Å². The highest BCUT2D eigenvalue weighted by atomic mass is 32.2. The van der Waals surface area contributed by atoms with Crippen LogP contribution in [0.3, 0.4) is 0 Å². The molecular formula is C16H12N3O5S-. The van der Waals surface area contributed by atoms with Crippen molar-refractivity contribution in [1.82, 2.24) is 10.3 Å². The third-order valence-electron chi connectivity index (χ3n) is 3.33. The summed E-state index contributed by atoms with van der Waals surface area (Å²) in [5.74, 6) is -0.647. The number of benzene rings is 2. The summed E-state index contributed by atoms with van der Waals surface area (Å²) in [6.45, 7) is -0.0759. The molecule has 1 N–H and O–H groups in total. The van der Waals surface area contributed by atoms with E-state index in [2.05, 4.69) is 10.3 Å². The third kappa shape index (κ3) is 4.07. The van der Waals surface area contributed by atoms with Gasteiger partial charge in [-0.15, -0.1) is 5.75 Å². The predicted molar refractivity (Wildman–Crippen MR) is 89.1 cm³/mol. The van der Waals surface area contributed by atoms with Crippen molar-refractivity contribution in [3.63, 3.8) is 0 Å². The maximum atomic E-state index is 11.9. The molecular weight excluding hydrogens is 346 g/mol. The third-order valence-corrected chi connectivity index (χ3v) is 4.16. The molecule has 3 aromatic rings. The Balaban J connectivity index is 1.56. The van der Waals surface area contributed by atoms with Crippen molar-refractivity contribution in [3.05, 3.63) is 58.1 Å². The number of thioether (sulfide) groups is 1. The highest BCUT2D eigenvalue weighted by Crippen LogP contribution is 2.23. The number of hydrogen-bond donors (Lipinski definition) is 1. The number of nitrogens with zero attached hydrogens (tertiary/aromatic N) is 2. The summed E-state index contributed by atoms with van der Waals surface area (Å²) in [6.07, 6.45) is 0. The van der Waals surface area contributed by atoms with E-state index in [1.807, 2.05) is 12.1 Å². The molecule has 25 heavy (non-hydrogen) atoms. The highest BCUT2D eigenvalue weighted by molar-refractivity contribution is 7.99. The fraction of sp³-hybridized carbons (Fsp3) is 0.125. The summed E-state index contributed by atoms with van der Waals surface area (Å²) in [4.78, 5) is 26.3. The minimum Gasteiger partial charge on any atom is -0.872 e. The maximum absolute atomic E-state index is 11.9. The molecule has 0 saturated carbocycles. The van der Waals surface area contributed by atoms with Crippen LogP contribution < -0.4 is 10.4 Å². The van der Waals surface area contributed by atoms with Gasteiger partial charge in [0, 0.05) is 18.7 Å². The molecule has 0 aliphatic rings. The molecule has 9 heteroatoms. The average molecular weight is 358 g/mol. The number of para-hydroxylation sites is 2. The van der Waals surface area contributed by atoms with Crippen LogP contribution in [0.15, 0.2) is 52.1 Å². The molecule has 0 radical (unpaired) electrons. The molecule has 2 aromatic carbocycles. The number of fused-ring (bicyclic) bond motifs is 1. The fourth-order valence-electron chi connectivity index (χ4n) is 2.10. The van der Waals surface area contributed by atoms with Crippen LogP contribution in [0.1, 0.15) is 5.56 Å². The second-order valence-electron chi connectivity index (χ2n) is 5.06. The van der Waals surface area contributed by atoms with Gasteiger partial charge in [-0.2, -0.15) is 0 Å². The normalized spacial score (nSPS) is 10.7. The number of nitro benzene ring substituents is 1. The Morgan fingerprint density at radius 1 is 1.28 bits per heavy atom. The van der Waals surface area contributed by atoms with Gasteiger partial charge >= 0.3 is 0 Å². The van der Waals surface area contributed by atoms with Gasteiger partial charge in [0.2, 0.25) is 5.91 Å². The van der Waals surface area contributed by atoms with Gasteiger partial charge in [-0.1, -0.05) is 30.0 Å². The SMILES string of the molecule is O=C(CSc1nc2ccccc2o1)NCc1cc([N+](=O)[O-])ccc1[O-]. The first kappa shape index (κ1) is 16.8.